The molecule has 92 valence electrons. The molecule has 0 fully saturated rings. The minimum Gasteiger partial charge on any atom is -0.298 e. The van der Waals surface area contributed by atoms with Gasteiger partial charge in [-0.1, -0.05) is 56.3 Å². The van der Waals surface area contributed by atoms with Gasteiger partial charge in [0.05, 0.1) is 0 Å². The van der Waals surface area contributed by atoms with E-state index in [-0.39, 0.29) is 0 Å². The molecule has 0 atom stereocenters. The van der Waals surface area contributed by atoms with Gasteiger partial charge in [-0.05, 0) is 35.1 Å². The molecule has 18 heavy (non-hydrogen) atoms. The minimum absolute atomic E-state index is 0.493. The third-order valence-electron chi connectivity index (χ3n) is 3.29. The summed E-state index contributed by atoms with van der Waals surface area (Å²) in [5, 5.41) is 0. The molecule has 2 aromatic rings. The van der Waals surface area contributed by atoms with E-state index in [4.69, 9.17) is 0 Å². The smallest absolute Gasteiger partial charge is 0.150 e. The highest BCUT2D eigenvalue weighted by molar-refractivity contribution is 5.80. The maximum absolute atomic E-state index is 10.9. The van der Waals surface area contributed by atoms with Crippen LogP contribution < -0.4 is 0 Å². The molecular weight excluding hydrogens is 220 g/mol. The Morgan fingerprint density at radius 2 is 1.78 bits per heavy atom. The molecule has 0 spiro atoms. The average Bonchev–Trinajstić information content (AvgIpc) is 2.38. The van der Waals surface area contributed by atoms with Crippen LogP contribution in [0.4, 0.5) is 0 Å². The van der Waals surface area contributed by atoms with Gasteiger partial charge in [-0.25, -0.2) is 0 Å². The van der Waals surface area contributed by atoms with Crippen LogP contribution in [0.2, 0.25) is 0 Å². The number of hydrogen-bond donors (Lipinski definition) is 0. The molecule has 0 unspecified atom stereocenters. The van der Waals surface area contributed by atoms with Gasteiger partial charge in [0.15, 0.2) is 0 Å². The summed E-state index contributed by atoms with van der Waals surface area (Å²) in [6.07, 6.45) is 0.910. The van der Waals surface area contributed by atoms with Crippen molar-refractivity contribution in [2.75, 3.05) is 0 Å². The summed E-state index contributed by atoms with van der Waals surface area (Å²) in [4.78, 5) is 10.9. The first-order chi connectivity index (χ1) is 8.63. The predicted molar refractivity (Wildman–Crippen MR) is 76.1 cm³/mol. The summed E-state index contributed by atoms with van der Waals surface area (Å²) < 4.78 is 0. The fraction of sp³-hybridized carbons (Fsp3) is 0.235. The Balaban J connectivity index is 2.55. The van der Waals surface area contributed by atoms with Gasteiger partial charge >= 0.3 is 0 Å². The lowest BCUT2D eigenvalue weighted by Crippen LogP contribution is -1.93. The fourth-order valence-corrected chi connectivity index (χ4v) is 2.24. The lowest BCUT2D eigenvalue weighted by atomic mass is 9.91. The van der Waals surface area contributed by atoms with Gasteiger partial charge in [0.2, 0.25) is 0 Å². The van der Waals surface area contributed by atoms with Gasteiger partial charge in [-0.3, -0.25) is 4.79 Å². The highest BCUT2D eigenvalue weighted by atomic mass is 16.1. The Morgan fingerprint density at radius 3 is 2.39 bits per heavy atom. The highest BCUT2D eigenvalue weighted by Crippen LogP contribution is 2.29. The first kappa shape index (κ1) is 12.6. The predicted octanol–water partition coefficient (Wildman–Crippen LogP) is 4.60. The summed E-state index contributed by atoms with van der Waals surface area (Å²) in [5.41, 5.74) is 5.58. The molecule has 0 aliphatic heterocycles. The molecule has 0 radical (unpaired) electrons. The van der Waals surface area contributed by atoms with Crippen molar-refractivity contribution in [1.29, 1.82) is 0 Å². The number of hydrogen-bond acceptors (Lipinski definition) is 1. The first-order valence-electron chi connectivity index (χ1n) is 6.28. The number of aldehydes is 1. The number of carbonyl (C=O) groups excluding carboxylic acids is 1. The molecule has 0 aromatic heterocycles. The van der Waals surface area contributed by atoms with Gasteiger partial charge in [0.1, 0.15) is 6.29 Å². The second-order valence-electron chi connectivity index (χ2n) is 4.93. The monoisotopic (exact) mass is 238 g/mol. The van der Waals surface area contributed by atoms with Gasteiger partial charge in [0.25, 0.3) is 0 Å². The summed E-state index contributed by atoms with van der Waals surface area (Å²) in [5.74, 6) is 0.493. The van der Waals surface area contributed by atoms with E-state index in [1.165, 1.54) is 16.7 Å². The maximum Gasteiger partial charge on any atom is 0.150 e. The van der Waals surface area contributed by atoms with E-state index in [2.05, 4.69) is 44.2 Å². The molecule has 2 rings (SSSR count). The summed E-state index contributed by atoms with van der Waals surface area (Å²) >= 11 is 0. The van der Waals surface area contributed by atoms with Crippen LogP contribution >= 0.6 is 0 Å². The van der Waals surface area contributed by atoms with Crippen LogP contribution in [0.3, 0.4) is 0 Å². The zero-order chi connectivity index (χ0) is 13.1. The van der Waals surface area contributed by atoms with Crippen LogP contribution in [0.25, 0.3) is 11.1 Å². The Morgan fingerprint density at radius 1 is 1.06 bits per heavy atom. The van der Waals surface area contributed by atoms with Crippen molar-refractivity contribution in [1.82, 2.24) is 0 Å². The maximum atomic E-state index is 10.9. The fourth-order valence-electron chi connectivity index (χ4n) is 2.24. The standard InChI is InChI=1S/C17H18O/c1-12(2)16-6-4-5-7-17(16)14-8-9-15(11-18)13(3)10-14/h4-12H,1-3H3. The third-order valence-corrected chi connectivity index (χ3v) is 3.29. The van der Waals surface area contributed by atoms with Crippen molar-refractivity contribution >= 4 is 6.29 Å². The van der Waals surface area contributed by atoms with Crippen LogP contribution in [-0.2, 0) is 0 Å². The molecule has 0 saturated carbocycles. The van der Waals surface area contributed by atoms with Crippen LogP contribution in [0.15, 0.2) is 42.5 Å². The zero-order valence-electron chi connectivity index (χ0n) is 11.1. The number of carbonyl (C=O) groups is 1. The van der Waals surface area contributed by atoms with Crippen molar-refractivity contribution < 1.29 is 4.79 Å². The molecule has 0 amide bonds. The largest absolute Gasteiger partial charge is 0.298 e. The molecule has 0 heterocycles. The average molecular weight is 238 g/mol. The molecule has 0 aliphatic rings. The van der Waals surface area contributed by atoms with Crippen LogP contribution in [0.5, 0.6) is 0 Å². The lowest BCUT2D eigenvalue weighted by molar-refractivity contribution is 0.112. The molecule has 0 aliphatic carbocycles. The number of benzene rings is 2. The molecule has 1 nitrogen and oxygen atoms in total. The summed E-state index contributed by atoms with van der Waals surface area (Å²) in [6.45, 7) is 6.38. The van der Waals surface area contributed by atoms with Crippen molar-refractivity contribution in [3.63, 3.8) is 0 Å². The Kier molecular flexibility index (Phi) is 3.61. The van der Waals surface area contributed by atoms with E-state index < -0.39 is 0 Å². The van der Waals surface area contributed by atoms with Crippen molar-refractivity contribution in [2.45, 2.75) is 26.7 Å². The lowest BCUT2D eigenvalue weighted by Gasteiger charge is -2.13. The normalized spacial score (nSPS) is 10.7. The molecule has 0 bridgehead atoms. The van der Waals surface area contributed by atoms with E-state index in [1.54, 1.807) is 0 Å². The van der Waals surface area contributed by atoms with E-state index >= 15 is 0 Å². The summed E-state index contributed by atoms with van der Waals surface area (Å²) in [7, 11) is 0. The van der Waals surface area contributed by atoms with Crippen LogP contribution in [0.1, 0.15) is 41.3 Å². The van der Waals surface area contributed by atoms with E-state index in [0.717, 1.165) is 17.4 Å². The zero-order valence-corrected chi connectivity index (χ0v) is 11.1. The molecule has 1 heteroatoms. The van der Waals surface area contributed by atoms with Crippen molar-refractivity contribution in [2.24, 2.45) is 0 Å². The minimum atomic E-state index is 0.493. The van der Waals surface area contributed by atoms with Gasteiger partial charge in [0, 0.05) is 5.56 Å². The highest BCUT2D eigenvalue weighted by Gasteiger charge is 2.08. The van der Waals surface area contributed by atoms with E-state index in [1.807, 2.05) is 19.1 Å². The quantitative estimate of drug-likeness (QED) is 0.714. The second-order valence-corrected chi connectivity index (χ2v) is 4.93. The Hall–Kier alpha value is -1.89. The topological polar surface area (TPSA) is 17.1 Å². The van der Waals surface area contributed by atoms with Gasteiger partial charge in [-0.2, -0.15) is 0 Å². The molecule has 0 N–H and O–H groups in total. The molecular formula is C17H18O. The number of rotatable bonds is 3. The van der Waals surface area contributed by atoms with E-state index in [9.17, 15) is 4.79 Å². The SMILES string of the molecule is Cc1cc(-c2ccccc2C(C)C)ccc1C=O. The number of aryl methyl sites for hydroxylation is 1. The van der Waals surface area contributed by atoms with Crippen molar-refractivity contribution in [3.05, 3.63) is 59.2 Å². The third kappa shape index (κ3) is 2.35. The van der Waals surface area contributed by atoms with E-state index in [0.29, 0.717) is 5.92 Å². The van der Waals surface area contributed by atoms with Crippen LogP contribution in [-0.4, -0.2) is 6.29 Å². The second kappa shape index (κ2) is 5.18. The Labute approximate surface area is 108 Å². The summed E-state index contributed by atoms with van der Waals surface area (Å²) in [6, 6.07) is 14.5. The van der Waals surface area contributed by atoms with Crippen LogP contribution in [0, 0.1) is 6.92 Å². The molecule has 0 saturated heterocycles. The first-order valence-corrected chi connectivity index (χ1v) is 6.28. The van der Waals surface area contributed by atoms with Gasteiger partial charge in [-0.15, -0.1) is 0 Å². The molecule has 2 aromatic carbocycles. The van der Waals surface area contributed by atoms with Gasteiger partial charge < -0.3 is 0 Å². The Bertz CT molecular complexity index is 568. The van der Waals surface area contributed by atoms with Crippen molar-refractivity contribution in [3.8, 4) is 11.1 Å².